The third-order valence-electron chi connectivity index (χ3n) is 5.92. The van der Waals surface area contributed by atoms with Gasteiger partial charge in [0.25, 0.3) is 0 Å². The summed E-state index contributed by atoms with van der Waals surface area (Å²) in [6, 6.07) is 15.2. The highest BCUT2D eigenvalue weighted by Gasteiger charge is 2.25. The van der Waals surface area contributed by atoms with Gasteiger partial charge in [0.2, 0.25) is 0 Å². The number of benzene rings is 2. The Bertz CT molecular complexity index is 1180. The van der Waals surface area contributed by atoms with E-state index >= 15 is 0 Å². The largest absolute Gasteiger partial charge is 0.454 e. The van der Waals surface area contributed by atoms with Gasteiger partial charge >= 0.3 is 0 Å². The first-order valence-corrected chi connectivity index (χ1v) is 11.4. The number of Topliss-reactive ketones (excluding diaryl/α,β-unsaturated/α-hetero) is 1. The number of hydrogen-bond acceptors (Lipinski definition) is 6. The molecule has 0 spiro atoms. The van der Waals surface area contributed by atoms with Crippen LogP contribution in [0.2, 0.25) is 5.02 Å². The van der Waals surface area contributed by atoms with E-state index in [-0.39, 0.29) is 5.78 Å². The number of ketones is 1. The van der Waals surface area contributed by atoms with E-state index in [4.69, 9.17) is 16.3 Å². The highest BCUT2D eigenvalue weighted by Crippen LogP contribution is 2.36. The lowest BCUT2D eigenvalue weighted by Crippen LogP contribution is -2.42. The van der Waals surface area contributed by atoms with Crippen LogP contribution in [-0.4, -0.2) is 28.1 Å². The summed E-state index contributed by atoms with van der Waals surface area (Å²) in [6.45, 7) is 4.32. The number of nitrogens with zero attached hydrogens (tertiary/aromatic N) is 3. The molecule has 1 N–H and O–H groups in total. The number of hydrogen-bond donors (Lipinski definition) is 1. The molecule has 0 aliphatic carbocycles. The average Bonchev–Trinajstić information content (AvgIpc) is 2.80. The predicted octanol–water partition coefficient (Wildman–Crippen LogP) is 5.81. The number of carbonyl (C=O) groups is 1. The maximum Gasteiger partial charge on any atom is 0.163 e. The number of piperidine rings is 1. The summed E-state index contributed by atoms with van der Waals surface area (Å²) in [6.07, 6.45) is 5.66. The summed E-state index contributed by atoms with van der Waals surface area (Å²) < 4.78 is 6.00. The molecule has 2 unspecified atom stereocenters. The van der Waals surface area contributed by atoms with Crippen molar-refractivity contribution in [3.8, 4) is 28.7 Å². The maximum absolute atomic E-state index is 12.9. The quantitative estimate of drug-likeness (QED) is 0.467. The molecule has 3 aromatic rings. The van der Waals surface area contributed by atoms with Crippen LogP contribution < -0.4 is 10.1 Å². The fraction of sp³-hybridized carbons (Fsp3) is 0.308. The molecule has 2 heterocycles. The van der Waals surface area contributed by atoms with Crippen molar-refractivity contribution in [1.29, 1.82) is 5.26 Å². The van der Waals surface area contributed by atoms with Gasteiger partial charge in [0.05, 0.1) is 17.4 Å². The normalized spacial score (nSPS) is 20.1. The van der Waals surface area contributed by atoms with Gasteiger partial charge in [0.15, 0.2) is 5.78 Å². The van der Waals surface area contributed by atoms with E-state index in [2.05, 4.69) is 35.4 Å². The number of nitrogens with one attached hydrogen (secondary N) is 1. The summed E-state index contributed by atoms with van der Waals surface area (Å²) in [5, 5.41) is 21.3. The number of halogens is 1. The molecule has 2 aromatic carbocycles. The summed E-state index contributed by atoms with van der Waals surface area (Å²) in [5.74, 6) is 1.21. The van der Waals surface area contributed by atoms with Crippen molar-refractivity contribution < 1.29 is 9.53 Å². The van der Waals surface area contributed by atoms with Crippen LogP contribution in [0.5, 0.6) is 11.5 Å². The number of nitriles is 1. The van der Waals surface area contributed by atoms with Crippen molar-refractivity contribution in [2.75, 3.05) is 0 Å². The predicted molar refractivity (Wildman–Crippen MR) is 127 cm³/mol. The molecule has 0 radical (unpaired) electrons. The zero-order valence-corrected chi connectivity index (χ0v) is 19.3. The van der Waals surface area contributed by atoms with Crippen molar-refractivity contribution in [2.24, 2.45) is 5.92 Å². The molecule has 7 heteroatoms. The second-order valence-corrected chi connectivity index (χ2v) is 9.01. The first-order chi connectivity index (χ1) is 15.9. The van der Waals surface area contributed by atoms with E-state index in [0.717, 1.165) is 18.4 Å². The van der Waals surface area contributed by atoms with Crippen LogP contribution in [0.3, 0.4) is 0 Å². The molecule has 2 atom stereocenters. The lowest BCUT2D eigenvalue weighted by molar-refractivity contribution is 0.0940. The minimum atomic E-state index is 0.0830. The van der Waals surface area contributed by atoms with Crippen molar-refractivity contribution >= 4 is 17.4 Å². The zero-order chi connectivity index (χ0) is 23.4. The Morgan fingerprint density at radius 3 is 2.61 bits per heavy atom. The molecule has 1 saturated heterocycles. The molecule has 4 rings (SSSR count). The molecule has 0 saturated carbocycles. The lowest BCUT2D eigenvalue weighted by atomic mass is 9.84. The minimum absolute atomic E-state index is 0.0830. The molecule has 0 bridgehead atoms. The topological polar surface area (TPSA) is 87.9 Å². The van der Waals surface area contributed by atoms with Gasteiger partial charge in [-0.15, -0.1) is 0 Å². The van der Waals surface area contributed by atoms with E-state index in [9.17, 15) is 10.1 Å². The lowest BCUT2D eigenvalue weighted by Gasteiger charge is -2.32. The smallest absolute Gasteiger partial charge is 0.163 e. The van der Waals surface area contributed by atoms with Gasteiger partial charge in [0.1, 0.15) is 23.1 Å². The second kappa shape index (κ2) is 10.1. The van der Waals surface area contributed by atoms with Crippen molar-refractivity contribution in [1.82, 2.24) is 15.5 Å². The van der Waals surface area contributed by atoms with Crippen LogP contribution in [0.15, 0.2) is 54.9 Å². The van der Waals surface area contributed by atoms with Gasteiger partial charge in [-0.2, -0.15) is 15.5 Å². The van der Waals surface area contributed by atoms with Crippen molar-refractivity contribution in [3.05, 3.63) is 71.0 Å². The first-order valence-electron chi connectivity index (χ1n) is 11.0. The Hall–Kier alpha value is -3.27. The van der Waals surface area contributed by atoms with Crippen LogP contribution in [0.1, 0.15) is 49.0 Å². The van der Waals surface area contributed by atoms with E-state index in [1.165, 1.54) is 0 Å². The number of carbonyl (C=O) groups excluding carboxylic acids is 1. The van der Waals surface area contributed by atoms with Crippen LogP contribution in [0.4, 0.5) is 0 Å². The standard InChI is InChI=1S/C26H25ClN4O2/c1-16-10-18(11-17(2)31-16)12-24(32)19-6-7-26(23(27)13-19)33-25-5-3-4-21(22(25)14-28)20-8-9-29-30-15-20/h3-9,13,15-18,31H,10-12H2,1-2H3. The van der Waals surface area contributed by atoms with Crippen LogP contribution >= 0.6 is 11.6 Å². The third kappa shape index (κ3) is 5.39. The number of rotatable bonds is 6. The molecule has 33 heavy (non-hydrogen) atoms. The Labute approximate surface area is 198 Å². The molecular weight excluding hydrogens is 436 g/mol. The first kappa shape index (κ1) is 22.9. The number of ether oxygens (including phenoxy) is 1. The summed E-state index contributed by atoms with van der Waals surface area (Å²) in [7, 11) is 0. The molecule has 1 aliphatic heterocycles. The molecule has 168 valence electrons. The minimum Gasteiger partial charge on any atom is -0.454 e. The Balaban J connectivity index is 1.53. The van der Waals surface area contributed by atoms with Gasteiger partial charge in [-0.05, 0) is 62.9 Å². The zero-order valence-electron chi connectivity index (χ0n) is 18.6. The molecule has 0 amide bonds. The number of aromatic nitrogens is 2. The van der Waals surface area contributed by atoms with Crippen molar-refractivity contribution in [3.63, 3.8) is 0 Å². The molecule has 1 aliphatic rings. The third-order valence-corrected chi connectivity index (χ3v) is 6.22. The Morgan fingerprint density at radius 1 is 1.15 bits per heavy atom. The highest BCUT2D eigenvalue weighted by molar-refractivity contribution is 6.32. The maximum atomic E-state index is 12.9. The van der Waals surface area contributed by atoms with Gasteiger partial charge in [-0.25, -0.2) is 0 Å². The summed E-state index contributed by atoms with van der Waals surface area (Å²) >= 11 is 6.48. The summed E-state index contributed by atoms with van der Waals surface area (Å²) in [4.78, 5) is 12.9. The van der Waals surface area contributed by atoms with Gasteiger partial charge in [-0.1, -0.05) is 23.7 Å². The second-order valence-electron chi connectivity index (χ2n) is 8.60. The Morgan fingerprint density at radius 2 is 1.94 bits per heavy atom. The van der Waals surface area contributed by atoms with Gasteiger partial charge in [0, 0.05) is 35.2 Å². The average molecular weight is 461 g/mol. The van der Waals surface area contributed by atoms with Gasteiger partial charge in [-0.3, -0.25) is 4.79 Å². The molecule has 1 fully saturated rings. The van der Waals surface area contributed by atoms with Crippen LogP contribution in [0, 0.1) is 17.2 Å². The fourth-order valence-corrected chi connectivity index (χ4v) is 4.78. The SMILES string of the molecule is CC1CC(CC(=O)c2ccc(Oc3cccc(-c4ccnnc4)c3C#N)c(Cl)c2)CC(C)N1. The van der Waals surface area contributed by atoms with E-state index < -0.39 is 0 Å². The molecule has 6 nitrogen and oxygen atoms in total. The monoisotopic (exact) mass is 460 g/mol. The molecular formula is C26H25ClN4O2. The van der Waals surface area contributed by atoms with E-state index in [1.54, 1.807) is 48.8 Å². The Kier molecular flexibility index (Phi) is 7.02. The summed E-state index contributed by atoms with van der Waals surface area (Å²) in [5.41, 5.74) is 2.40. The van der Waals surface area contributed by atoms with Gasteiger partial charge < -0.3 is 10.1 Å². The van der Waals surface area contributed by atoms with Crippen LogP contribution in [0.25, 0.3) is 11.1 Å². The molecule has 1 aromatic heterocycles. The van der Waals surface area contributed by atoms with Crippen molar-refractivity contribution in [2.45, 2.75) is 45.2 Å². The van der Waals surface area contributed by atoms with Crippen LogP contribution in [-0.2, 0) is 0 Å². The van der Waals surface area contributed by atoms with E-state index in [1.807, 2.05) is 6.07 Å². The highest BCUT2D eigenvalue weighted by atomic mass is 35.5. The van der Waals surface area contributed by atoms with E-state index in [0.29, 0.717) is 57.6 Å². The fourth-order valence-electron chi connectivity index (χ4n) is 4.56.